The Kier molecular flexibility index (Phi) is 7.45. The van der Waals surface area contributed by atoms with Crippen LogP contribution in [0.4, 0.5) is 0 Å². The lowest BCUT2D eigenvalue weighted by Gasteiger charge is -2.40. The average Bonchev–Trinajstić information content (AvgIpc) is 2.56. The van der Waals surface area contributed by atoms with E-state index in [9.17, 15) is 0 Å². The molecule has 0 atom stereocenters. The Bertz CT molecular complexity index is 477. The molecule has 1 aromatic carbocycles. The van der Waals surface area contributed by atoms with Gasteiger partial charge in [0.15, 0.2) is 0 Å². The number of hydrogen-bond donors (Lipinski definition) is 0. The second-order valence-electron chi connectivity index (χ2n) is 6.33. The van der Waals surface area contributed by atoms with Gasteiger partial charge in [0.25, 0.3) is 0 Å². The van der Waals surface area contributed by atoms with E-state index in [1.807, 2.05) is 24.3 Å². The molecule has 0 radical (unpaired) electrons. The quantitative estimate of drug-likeness (QED) is 0.455. The van der Waals surface area contributed by atoms with Gasteiger partial charge in [-0.05, 0) is 49.9 Å². The summed E-state index contributed by atoms with van der Waals surface area (Å²) in [7, 11) is 0. The third kappa shape index (κ3) is 5.89. The number of hydrogen-bond acceptors (Lipinski definition) is 3. The summed E-state index contributed by atoms with van der Waals surface area (Å²) in [5.41, 5.74) is 1.19. The van der Waals surface area contributed by atoms with E-state index in [1.54, 1.807) is 0 Å². The van der Waals surface area contributed by atoms with Gasteiger partial charge in [-0.2, -0.15) is 0 Å². The summed E-state index contributed by atoms with van der Waals surface area (Å²) < 4.78 is 16.8. The normalized spacial score (nSPS) is 15.7. The Morgan fingerprint density at radius 2 is 1.78 bits per heavy atom. The molecule has 0 amide bonds. The molecule has 0 N–H and O–H groups in total. The highest BCUT2D eigenvalue weighted by Gasteiger charge is 2.36. The van der Waals surface area contributed by atoms with Gasteiger partial charge in [-0.15, -0.1) is 6.42 Å². The molecule has 3 heteroatoms. The van der Waals surface area contributed by atoms with E-state index in [-0.39, 0.29) is 0 Å². The van der Waals surface area contributed by atoms with Crippen LogP contribution in [0.25, 0.3) is 0 Å². The molecule has 0 aromatic heterocycles. The summed E-state index contributed by atoms with van der Waals surface area (Å²) in [5, 5.41) is 0. The number of ether oxygens (including phenoxy) is 3. The maximum atomic E-state index is 5.80. The molecule has 126 valence electrons. The van der Waals surface area contributed by atoms with Crippen molar-refractivity contribution < 1.29 is 14.2 Å². The highest BCUT2D eigenvalue weighted by molar-refractivity contribution is 5.36. The molecular formula is C20H28O3. The molecule has 1 heterocycles. The lowest BCUT2D eigenvalue weighted by molar-refractivity contribution is -0.150. The maximum absolute atomic E-state index is 5.80. The number of terminal acetylenes is 1. The first-order chi connectivity index (χ1) is 11.3. The molecule has 0 spiro atoms. The van der Waals surface area contributed by atoms with Crippen LogP contribution in [0.5, 0.6) is 5.75 Å². The van der Waals surface area contributed by atoms with E-state index in [0.717, 1.165) is 63.6 Å². The Labute approximate surface area is 140 Å². The van der Waals surface area contributed by atoms with Crippen molar-refractivity contribution in [1.29, 1.82) is 0 Å². The van der Waals surface area contributed by atoms with Crippen LogP contribution in [-0.4, -0.2) is 33.0 Å². The van der Waals surface area contributed by atoms with E-state index in [2.05, 4.69) is 12.8 Å². The second kappa shape index (κ2) is 9.60. The molecule has 0 unspecified atom stereocenters. The van der Waals surface area contributed by atoms with Gasteiger partial charge < -0.3 is 14.2 Å². The summed E-state index contributed by atoms with van der Waals surface area (Å²) in [6, 6.07) is 7.67. The van der Waals surface area contributed by atoms with Crippen molar-refractivity contribution in [2.24, 2.45) is 5.41 Å². The summed E-state index contributed by atoms with van der Waals surface area (Å²) in [6.07, 6.45) is 11.0. The Balaban J connectivity index is 1.43. The smallest absolute Gasteiger partial charge is 0.119 e. The van der Waals surface area contributed by atoms with Crippen molar-refractivity contribution in [1.82, 2.24) is 0 Å². The first-order valence-electron chi connectivity index (χ1n) is 8.63. The van der Waals surface area contributed by atoms with Crippen molar-refractivity contribution >= 4 is 0 Å². The van der Waals surface area contributed by atoms with Crippen LogP contribution >= 0.6 is 0 Å². The second-order valence-corrected chi connectivity index (χ2v) is 6.33. The van der Waals surface area contributed by atoms with E-state index in [1.165, 1.54) is 12.8 Å². The van der Waals surface area contributed by atoms with Gasteiger partial charge in [-0.25, -0.2) is 0 Å². The molecule has 1 saturated heterocycles. The van der Waals surface area contributed by atoms with Gasteiger partial charge in [-0.3, -0.25) is 0 Å². The molecule has 0 bridgehead atoms. The molecule has 2 rings (SSSR count). The minimum absolute atomic E-state index is 0.308. The predicted octanol–water partition coefficient (Wildman–Crippen LogP) is 4.05. The molecule has 0 saturated carbocycles. The number of unbranched alkanes of at least 4 members (excludes halogenated alkanes) is 3. The zero-order valence-electron chi connectivity index (χ0n) is 14.2. The molecule has 1 aliphatic rings. The fraction of sp³-hybridized carbons (Fsp3) is 0.600. The minimum Gasteiger partial charge on any atom is -0.494 e. The Morgan fingerprint density at radius 1 is 1.09 bits per heavy atom. The van der Waals surface area contributed by atoms with Gasteiger partial charge in [-0.1, -0.05) is 19.3 Å². The lowest BCUT2D eigenvalue weighted by Crippen LogP contribution is -2.45. The molecular weight excluding hydrogens is 288 g/mol. The van der Waals surface area contributed by atoms with Gasteiger partial charge in [0.05, 0.1) is 26.4 Å². The van der Waals surface area contributed by atoms with Gasteiger partial charge in [0.1, 0.15) is 5.75 Å². The van der Waals surface area contributed by atoms with Crippen molar-refractivity contribution in [2.45, 2.75) is 39.0 Å². The monoisotopic (exact) mass is 316 g/mol. The molecule has 1 aliphatic heterocycles. The van der Waals surface area contributed by atoms with Gasteiger partial charge in [0, 0.05) is 17.6 Å². The van der Waals surface area contributed by atoms with E-state index in [0.29, 0.717) is 5.41 Å². The van der Waals surface area contributed by atoms with Gasteiger partial charge in [0.2, 0.25) is 0 Å². The van der Waals surface area contributed by atoms with Crippen molar-refractivity contribution in [2.75, 3.05) is 33.0 Å². The number of benzene rings is 1. The van der Waals surface area contributed by atoms with Crippen LogP contribution in [0.2, 0.25) is 0 Å². The molecule has 0 aliphatic carbocycles. The first kappa shape index (κ1) is 17.8. The SMILES string of the molecule is C#Cc1ccc(OCCCCCCOCC2(CC)COC2)cc1. The van der Waals surface area contributed by atoms with Crippen LogP contribution in [0, 0.1) is 17.8 Å². The van der Waals surface area contributed by atoms with Crippen molar-refractivity contribution in [3.8, 4) is 18.1 Å². The van der Waals surface area contributed by atoms with Crippen LogP contribution in [0.3, 0.4) is 0 Å². The summed E-state index contributed by atoms with van der Waals surface area (Å²) in [4.78, 5) is 0. The zero-order valence-corrected chi connectivity index (χ0v) is 14.2. The standard InChI is InChI=1S/C20H28O3/c1-3-18-9-11-19(12-10-18)23-14-8-6-5-7-13-21-15-20(4-2)16-22-17-20/h1,9-12H,4-8,13-17H2,2H3. The molecule has 1 aromatic rings. The van der Waals surface area contributed by atoms with Crippen LogP contribution in [0.1, 0.15) is 44.6 Å². The van der Waals surface area contributed by atoms with E-state index in [4.69, 9.17) is 20.6 Å². The summed E-state index contributed by atoms with van der Waals surface area (Å²) in [5.74, 6) is 3.49. The highest BCUT2D eigenvalue weighted by Crippen LogP contribution is 2.31. The van der Waals surface area contributed by atoms with E-state index < -0.39 is 0 Å². The van der Waals surface area contributed by atoms with Crippen molar-refractivity contribution in [3.05, 3.63) is 29.8 Å². The largest absolute Gasteiger partial charge is 0.494 e. The predicted molar refractivity (Wildman–Crippen MR) is 92.7 cm³/mol. The fourth-order valence-electron chi connectivity index (χ4n) is 2.57. The van der Waals surface area contributed by atoms with Gasteiger partial charge >= 0.3 is 0 Å². The van der Waals surface area contributed by atoms with Crippen LogP contribution in [0.15, 0.2) is 24.3 Å². The topological polar surface area (TPSA) is 27.7 Å². The summed E-state index contributed by atoms with van der Waals surface area (Å²) in [6.45, 7) is 6.40. The maximum Gasteiger partial charge on any atom is 0.119 e. The lowest BCUT2D eigenvalue weighted by atomic mass is 9.84. The van der Waals surface area contributed by atoms with Crippen LogP contribution < -0.4 is 4.74 Å². The minimum atomic E-state index is 0.308. The van der Waals surface area contributed by atoms with Crippen molar-refractivity contribution in [3.63, 3.8) is 0 Å². The Hall–Kier alpha value is -1.50. The molecule has 3 nitrogen and oxygen atoms in total. The Morgan fingerprint density at radius 3 is 2.35 bits per heavy atom. The third-order valence-corrected chi connectivity index (χ3v) is 4.45. The first-order valence-corrected chi connectivity index (χ1v) is 8.63. The molecule has 1 fully saturated rings. The fourth-order valence-corrected chi connectivity index (χ4v) is 2.57. The summed E-state index contributed by atoms with van der Waals surface area (Å²) >= 11 is 0. The third-order valence-electron chi connectivity index (χ3n) is 4.45. The molecule has 23 heavy (non-hydrogen) atoms. The number of rotatable bonds is 11. The van der Waals surface area contributed by atoms with Crippen LogP contribution in [-0.2, 0) is 9.47 Å². The highest BCUT2D eigenvalue weighted by atomic mass is 16.5. The zero-order chi connectivity index (χ0) is 16.4. The average molecular weight is 316 g/mol. The van der Waals surface area contributed by atoms with E-state index >= 15 is 0 Å².